The molecule has 0 saturated heterocycles. The second kappa shape index (κ2) is 3.20. The number of benzene rings is 1. The van der Waals surface area contributed by atoms with Crippen molar-refractivity contribution in [3.8, 4) is 5.75 Å². The molecule has 0 atom stereocenters. The molecule has 0 aliphatic heterocycles. The molecule has 0 aliphatic rings. The second-order valence-electron chi connectivity index (χ2n) is 1.74. The van der Waals surface area contributed by atoms with E-state index in [2.05, 4.69) is 6.07 Å². The number of hydrogen-bond acceptors (Lipinski definition) is 1. The van der Waals surface area contributed by atoms with E-state index in [0.29, 0.717) is 0 Å². The molecule has 1 aromatic rings. The third-order valence-electron chi connectivity index (χ3n) is 1.14. The van der Waals surface area contributed by atoms with Crippen LogP contribution in [0.5, 0.6) is 5.75 Å². The summed E-state index contributed by atoms with van der Waals surface area (Å²) in [5.41, 5.74) is 0. The summed E-state index contributed by atoms with van der Waals surface area (Å²) in [7, 11) is 1.71. The zero-order valence-corrected chi connectivity index (χ0v) is 9.78. The van der Waals surface area contributed by atoms with E-state index in [4.69, 9.17) is 4.74 Å². The fourth-order valence-electron chi connectivity index (χ4n) is 0.666. The van der Waals surface area contributed by atoms with Gasteiger partial charge in [-0.05, 0) is 0 Å². The Morgan fingerprint density at radius 1 is 1.33 bits per heavy atom. The third kappa shape index (κ3) is 1.67. The minimum absolute atomic E-state index is 0.867. The van der Waals surface area contributed by atoms with E-state index in [-0.39, 0.29) is 0 Å². The first-order valence-electron chi connectivity index (χ1n) is 2.73. The summed E-state index contributed by atoms with van der Waals surface area (Å²) in [5, 5.41) is 0. The van der Waals surface area contributed by atoms with Gasteiger partial charge in [-0.1, -0.05) is 0 Å². The van der Waals surface area contributed by atoms with E-state index in [1.165, 1.54) is 3.12 Å². The number of para-hydroxylation sites is 1. The van der Waals surface area contributed by atoms with Crippen molar-refractivity contribution in [1.82, 2.24) is 0 Å². The molecule has 46 valence electrons. The molecule has 2 radical (unpaired) electrons. The van der Waals surface area contributed by atoms with Gasteiger partial charge in [-0.3, -0.25) is 0 Å². The summed E-state index contributed by atoms with van der Waals surface area (Å²) in [6.45, 7) is 0. The van der Waals surface area contributed by atoms with Crippen molar-refractivity contribution in [1.29, 1.82) is 0 Å². The van der Waals surface area contributed by atoms with Gasteiger partial charge in [0.1, 0.15) is 0 Å². The van der Waals surface area contributed by atoms with Crippen molar-refractivity contribution in [3.63, 3.8) is 0 Å². The summed E-state index contributed by atoms with van der Waals surface area (Å²) in [4.78, 5) is 0. The molecule has 0 unspecified atom stereocenters. The number of rotatable bonds is 1. The molecule has 0 fully saturated rings. The molecule has 1 nitrogen and oxygen atoms in total. The molecule has 9 heavy (non-hydrogen) atoms. The van der Waals surface area contributed by atoms with Crippen molar-refractivity contribution in [3.05, 3.63) is 24.3 Å². The quantitative estimate of drug-likeness (QED) is 0.674. The normalized spacial score (nSPS) is 9.11. The predicted molar refractivity (Wildman–Crippen MR) is 39.8 cm³/mol. The van der Waals surface area contributed by atoms with Gasteiger partial charge in [-0.2, -0.15) is 0 Å². The maximum absolute atomic E-state index is 5.09. The van der Waals surface area contributed by atoms with Crippen molar-refractivity contribution >= 4 is 28.9 Å². The Balaban J connectivity index is 3.01. The fraction of sp³-hybridized carbons (Fsp3) is 0.143. The molecular formula is C7H8OPb. The van der Waals surface area contributed by atoms with E-state index in [9.17, 15) is 0 Å². The van der Waals surface area contributed by atoms with Gasteiger partial charge in [0.25, 0.3) is 0 Å². The van der Waals surface area contributed by atoms with Crippen LogP contribution in [-0.2, 0) is 0 Å². The van der Waals surface area contributed by atoms with E-state index in [1.54, 1.807) is 7.11 Å². The molecule has 2 heteroatoms. The first kappa shape index (κ1) is 7.05. The second-order valence-corrected chi connectivity index (χ2v) is 4.16. The fourth-order valence-corrected chi connectivity index (χ4v) is 1.93. The van der Waals surface area contributed by atoms with Crippen molar-refractivity contribution in [2.24, 2.45) is 0 Å². The molecule has 1 rings (SSSR count). The van der Waals surface area contributed by atoms with Crippen molar-refractivity contribution in [2.45, 2.75) is 0 Å². The van der Waals surface area contributed by atoms with Crippen LogP contribution in [0.25, 0.3) is 0 Å². The molecule has 0 N–H and O–H groups in total. The van der Waals surface area contributed by atoms with Crippen LogP contribution in [0.15, 0.2) is 24.3 Å². The Kier molecular flexibility index (Phi) is 2.51. The molecule has 0 spiro atoms. The van der Waals surface area contributed by atoms with E-state index in [1.807, 2.05) is 18.2 Å². The molecule has 0 aromatic heterocycles. The number of hydrogen-bond donors (Lipinski definition) is 0. The summed E-state index contributed by atoms with van der Waals surface area (Å²) < 4.78 is 6.43. The molecule has 0 saturated carbocycles. The van der Waals surface area contributed by atoms with Gasteiger partial charge >= 0.3 is 70.8 Å². The predicted octanol–water partition coefficient (Wildman–Crippen LogP) is 0.221. The van der Waals surface area contributed by atoms with Crippen LogP contribution in [0.1, 0.15) is 0 Å². The Bertz CT molecular complexity index is 198. The van der Waals surface area contributed by atoms with Crippen LogP contribution in [0, 0.1) is 0 Å². The average Bonchev–Trinajstić information content (AvgIpc) is 1.89. The topological polar surface area (TPSA) is 9.23 Å². The number of ether oxygens (including phenoxy) is 1. The van der Waals surface area contributed by atoms with Crippen LogP contribution in [-0.4, -0.2) is 32.9 Å². The van der Waals surface area contributed by atoms with Gasteiger partial charge in [0, 0.05) is 0 Å². The Hall–Kier alpha value is -0.0579. The molecule has 1 aromatic carbocycles. The molecule has 0 aliphatic carbocycles. The van der Waals surface area contributed by atoms with Gasteiger partial charge in [-0.25, -0.2) is 0 Å². The Morgan fingerprint density at radius 3 is 2.44 bits per heavy atom. The standard InChI is InChI=1S/C7H7O.Pb.H/c1-8-7-5-3-2-4-6-7;;/h2-5H,1H3;;. The molecule has 0 amide bonds. The van der Waals surface area contributed by atoms with Crippen LogP contribution in [0.2, 0.25) is 0 Å². The third-order valence-corrected chi connectivity index (χ3v) is 2.99. The first-order chi connectivity index (χ1) is 4.34. The van der Waals surface area contributed by atoms with Gasteiger partial charge in [-0.15, -0.1) is 0 Å². The summed E-state index contributed by atoms with van der Waals surface area (Å²) in [5.74, 6) is 1.03. The summed E-state index contributed by atoms with van der Waals surface area (Å²) in [6, 6.07) is 8.13. The first-order valence-corrected chi connectivity index (χ1v) is 4.97. The SMILES string of the molecule is COc1cccc[c]1[PbH]. The zero-order valence-electron chi connectivity index (χ0n) is 5.29. The van der Waals surface area contributed by atoms with Crippen molar-refractivity contribution in [2.75, 3.05) is 7.11 Å². The van der Waals surface area contributed by atoms with E-state index >= 15 is 0 Å². The van der Waals surface area contributed by atoms with Gasteiger partial charge < -0.3 is 0 Å². The van der Waals surface area contributed by atoms with Gasteiger partial charge in [0.2, 0.25) is 0 Å². The summed E-state index contributed by atoms with van der Waals surface area (Å²) >= 11 is 0.867. The van der Waals surface area contributed by atoms with Crippen LogP contribution < -0.4 is 7.86 Å². The monoisotopic (exact) mass is 316 g/mol. The molecule has 0 bridgehead atoms. The van der Waals surface area contributed by atoms with Crippen LogP contribution in [0.4, 0.5) is 0 Å². The Morgan fingerprint density at radius 2 is 2.00 bits per heavy atom. The minimum atomic E-state index is 0.867. The average molecular weight is 315 g/mol. The summed E-state index contributed by atoms with van der Waals surface area (Å²) in [6.07, 6.45) is 0. The van der Waals surface area contributed by atoms with Crippen LogP contribution in [0.3, 0.4) is 0 Å². The van der Waals surface area contributed by atoms with Crippen LogP contribution >= 0.6 is 0 Å². The molecular weight excluding hydrogens is 307 g/mol. The van der Waals surface area contributed by atoms with Gasteiger partial charge in [0.15, 0.2) is 0 Å². The van der Waals surface area contributed by atoms with Crippen molar-refractivity contribution < 1.29 is 4.74 Å². The van der Waals surface area contributed by atoms with E-state index in [0.717, 1.165) is 31.5 Å². The molecule has 0 heterocycles. The Labute approximate surface area is 70.7 Å². The number of methoxy groups -OCH3 is 1. The zero-order chi connectivity index (χ0) is 6.69. The van der Waals surface area contributed by atoms with Gasteiger partial charge in [0.05, 0.1) is 0 Å². The maximum atomic E-state index is 5.09. The van der Waals surface area contributed by atoms with E-state index < -0.39 is 0 Å².